The van der Waals surface area contributed by atoms with E-state index in [9.17, 15) is 9.59 Å². The van der Waals surface area contributed by atoms with E-state index in [1.165, 1.54) is 7.11 Å². The Morgan fingerprint density at radius 2 is 2.00 bits per heavy atom. The van der Waals surface area contributed by atoms with Gasteiger partial charge in [0.25, 0.3) is 0 Å². The molecule has 0 saturated carbocycles. The zero-order valence-corrected chi connectivity index (χ0v) is 18.1. The largest absolute Gasteiger partial charge is 0.495 e. The molecule has 0 aliphatic heterocycles. The van der Waals surface area contributed by atoms with Crippen LogP contribution in [0.1, 0.15) is 25.7 Å². The molecule has 0 fully saturated rings. The summed E-state index contributed by atoms with van der Waals surface area (Å²) in [4.78, 5) is 28.8. The van der Waals surface area contributed by atoms with Gasteiger partial charge in [0.2, 0.25) is 11.8 Å². The predicted octanol–water partition coefficient (Wildman–Crippen LogP) is 3.15. The van der Waals surface area contributed by atoms with Crippen LogP contribution in [0.25, 0.3) is 0 Å². The fraction of sp³-hybridized carbons (Fsp3) is 0.524. The van der Waals surface area contributed by atoms with E-state index in [0.29, 0.717) is 29.6 Å². The number of amides is 2. The summed E-state index contributed by atoms with van der Waals surface area (Å²) in [7, 11) is 4.90. The Bertz CT molecular complexity index is 739. The summed E-state index contributed by atoms with van der Waals surface area (Å²) in [6, 6.07) is 5.01. The van der Waals surface area contributed by atoms with Gasteiger partial charge in [0.15, 0.2) is 0 Å². The van der Waals surface area contributed by atoms with E-state index in [0.717, 1.165) is 31.4 Å². The van der Waals surface area contributed by atoms with E-state index >= 15 is 0 Å². The van der Waals surface area contributed by atoms with Gasteiger partial charge in [-0.25, -0.2) is 0 Å². The zero-order chi connectivity index (χ0) is 21.2. The molecule has 1 aromatic carbocycles. The van der Waals surface area contributed by atoms with Crippen LogP contribution in [0.15, 0.2) is 30.0 Å². The fourth-order valence-corrected chi connectivity index (χ4v) is 3.43. The van der Waals surface area contributed by atoms with Gasteiger partial charge in [-0.3, -0.25) is 14.5 Å². The molecule has 1 aliphatic carbocycles. The van der Waals surface area contributed by atoms with E-state index in [4.69, 9.17) is 21.1 Å². The number of benzene rings is 1. The molecule has 1 N–H and O–H groups in total. The first-order valence-corrected chi connectivity index (χ1v) is 10.1. The number of hydrogen-bond donors (Lipinski definition) is 1. The number of carbonyl (C=O) groups is 2. The standard InChI is InChI=1S/C21H30ClN3O4/c1-24(14-20(26)23-18-13-16(22)9-10-19(18)29-3)15-21(27)25(11-12-28-2)17-7-5-4-6-8-17/h7,9-10,13H,4-6,8,11-12,14-15H2,1-3H3,(H,23,26). The second kappa shape index (κ2) is 11.8. The monoisotopic (exact) mass is 423 g/mol. The third-order valence-corrected chi connectivity index (χ3v) is 4.92. The van der Waals surface area contributed by atoms with Gasteiger partial charge in [0.1, 0.15) is 5.75 Å². The van der Waals surface area contributed by atoms with Crippen molar-refractivity contribution < 1.29 is 19.1 Å². The Hall–Kier alpha value is -2.09. The Morgan fingerprint density at radius 3 is 2.66 bits per heavy atom. The highest BCUT2D eigenvalue weighted by molar-refractivity contribution is 6.31. The van der Waals surface area contributed by atoms with Gasteiger partial charge in [-0.2, -0.15) is 0 Å². The summed E-state index contributed by atoms with van der Waals surface area (Å²) in [6.45, 7) is 1.20. The fourth-order valence-electron chi connectivity index (χ4n) is 3.26. The highest BCUT2D eigenvalue weighted by Crippen LogP contribution is 2.27. The lowest BCUT2D eigenvalue weighted by molar-refractivity contribution is -0.131. The molecule has 7 nitrogen and oxygen atoms in total. The number of ether oxygens (including phenoxy) is 2. The van der Waals surface area contributed by atoms with E-state index in [1.807, 2.05) is 0 Å². The summed E-state index contributed by atoms with van der Waals surface area (Å²) < 4.78 is 10.4. The van der Waals surface area contributed by atoms with Crippen LogP contribution >= 0.6 is 11.6 Å². The molecule has 1 aliphatic rings. The van der Waals surface area contributed by atoms with Gasteiger partial charge < -0.3 is 19.7 Å². The highest BCUT2D eigenvalue weighted by Gasteiger charge is 2.21. The minimum atomic E-state index is -0.249. The van der Waals surface area contributed by atoms with Crippen molar-refractivity contribution in [2.75, 3.05) is 52.8 Å². The molecule has 2 amide bonds. The number of rotatable bonds is 10. The molecule has 0 unspecified atom stereocenters. The molecular weight excluding hydrogens is 394 g/mol. The number of hydrogen-bond acceptors (Lipinski definition) is 5. The summed E-state index contributed by atoms with van der Waals surface area (Å²) >= 11 is 6.00. The molecule has 0 saturated heterocycles. The predicted molar refractivity (Wildman–Crippen MR) is 114 cm³/mol. The van der Waals surface area contributed by atoms with Crippen LogP contribution in [0, 0.1) is 0 Å². The minimum absolute atomic E-state index is 0.0363. The molecular formula is C21H30ClN3O4. The first-order valence-electron chi connectivity index (χ1n) is 9.75. The molecule has 0 heterocycles. The summed E-state index contributed by atoms with van der Waals surface area (Å²) in [5, 5.41) is 3.29. The van der Waals surface area contributed by atoms with Crippen LogP contribution in [-0.4, -0.2) is 69.1 Å². The van der Waals surface area contributed by atoms with Crippen molar-refractivity contribution >= 4 is 29.1 Å². The second-order valence-corrected chi connectivity index (χ2v) is 7.48. The maximum absolute atomic E-state index is 12.9. The topological polar surface area (TPSA) is 71.1 Å². The molecule has 0 spiro atoms. The van der Waals surface area contributed by atoms with E-state index < -0.39 is 0 Å². The van der Waals surface area contributed by atoms with Gasteiger partial charge >= 0.3 is 0 Å². The Kier molecular flexibility index (Phi) is 9.44. The first kappa shape index (κ1) is 23.2. The summed E-state index contributed by atoms with van der Waals surface area (Å²) in [6.07, 6.45) is 6.26. The van der Waals surface area contributed by atoms with Crippen molar-refractivity contribution in [3.05, 3.63) is 35.0 Å². The molecule has 2 rings (SSSR count). The number of likely N-dealkylation sites (N-methyl/N-ethyl adjacent to an activating group) is 1. The van der Waals surface area contributed by atoms with Crippen molar-refractivity contribution in [2.45, 2.75) is 25.7 Å². The lowest BCUT2D eigenvalue weighted by Gasteiger charge is -2.29. The lowest BCUT2D eigenvalue weighted by atomic mass is 10.0. The van der Waals surface area contributed by atoms with Crippen molar-refractivity contribution in [3.63, 3.8) is 0 Å². The van der Waals surface area contributed by atoms with Gasteiger partial charge in [-0.15, -0.1) is 0 Å². The molecule has 0 radical (unpaired) electrons. The number of methoxy groups -OCH3 is 2. The van der Waals surface area contributed by atoms with Crippen molar-refractivity contribution in [1.82, 2.24) is 9.80 Å². The number of allylic oxidation sites excluding steroid dienone is 2. The molecule has 29 heavy (non-hydrogen) atoms. The SMILES string of the molecule is COCCN(C(=O)CN(C)CC(=O)Nc1cc(Cl)ccc1OC)C1=CCCCC1. The third kappa shape index (κ3) is 7.34. The van der Waals surface area contributed by atoms with Crippen LogP contribution in [0.2, 0.25) is 5.02 Å². The summed E-state index contributed by atoms with van der Waals surface area (Å²) in [5.74, 6) is 0.239. The van der Waals surface area contributed by atoms with Gasteiger partial charge in [-0.1, -0.05) is 17.7 Å². The van der Waals surface area contributed by atoms with E-state index in [-0.39, 0.29) is 24.9 Å². The molecule has 0 atom stereocenters. The average molecular weight is 424 g/mol. The van der Waals surface area contributed by atoms with Crippen molar-refractivity contribution in [2.24, 2.45) is 0 Å². The van der Waals surface area contributed by atoms with Crippen LogP contribution in [0.5, 0.6) is 5.75 Å². The maximum atomic E-state index is 12.9. The van der Waals surface area contributed by atoms with Crippen LogP contribution in [-0.2, 0) is 14.3 Å². The third-order valence-electron chi connectivity index (χ3n) is 4.69. The van der Waals surface area contributed by atoms with Gasteiger partial charge in [-0.05, 0) is 50.9 Å². The molecule has 1 aromatic rings. The van der Waals surface area contributed by atoms with Crippen molar-refractivity contribution in [1.29, 1.82) is 0 Å². The van der Waals surface area contributed by atoms with Gasteiger partial charge in [0, 0.05) is 24.4 Å². The maximum Gasteiger partial charge on any atom is 0.240 e. The minimum Gasteiger partial charge on any atom is -0.495 e. The Labute approximate surface area is 177 Å². The Morgan fingerprint density at radius 1 is 1.21 bits per heavy atom. The van der Waals surface area contributed by atoms with Crippen LogP contribution in [0.3, 0.4) is 0 Å². The Balaban J connectivity index is 1.94. The van der Waals surface area contributed by atoms with Crippen LogP contribution in [0.4, 0.5) is 5.69 Å². The van der Waals surface area contributed by atoms with E-state index in [1.54, 1.807) is 42.2 Å². The number of carbonyl (C=O) groups excluding carboxylic acids is 2. The smallest absolute Gasteiger partial charge is 0.240 e. The average Bonchev–Trinajstić information content (AvgIpc) is 2.69. The number of nitrogens with zero attached hydrogens (tertiary/aromatic N) is 2. The number of halogens is 1. The number of nitrogens with one attached hydrogen (secondary N) is 1. The summed E-state index contributed by atoms with van der Waals surface area (Å²) in [5.41, 5.74) is 1.55. The van der Waals surface area contributed by atoms with Gasteiger partial charge in [0.05, 0.1) is 32.5 Å². The van der Waals surface area contributed by atoms with E-state index in [2.05, 4.69) is 11.4 Å². The first-order chi connectivity index (χ1) is 13.9. The highest BCUT2D eigenvalue weighted by atomic mass is 35.5. The normalized spacial score (nSPS) is 13.8. The quantitative estimate of drug-likeness (QED) is 0.626. The van der Waals surface area contributed by atoms with Crippen LogP contribution < -0.4 is 10.1 Å². The van der Waals surface area contributed by atoms with Crippen molar-refractivity contribution in [3.8, 4) is 5.75 Å². The second-order valence-electron chi connectivity index (χ2n) is 7.04. The lowest BCUT2D eigenvalue weighted by Crippen LogP contribution is -2.42. The molecule has 0 aromatic heterocycles. The zero-order valence-electron chi connectivity index (χ0n) is 17.4. The number of anilines is 1. The molecule has 0 bridgehead atoms. The molecule has 8 heteroatoms. The molecule has 160 valence electrons.